The lowest BCUT2D eigenvalue weighted by atomic mass is 10.1. The largest absolute Gasteiger partial charge is 0.457 e. The molecule has 0 aliphatic rings. The number of nitrogens with zero attached hydrogens (tertiary/aromatic N) is 1. The molecule has 0 bridgehead atoms. The van der Waals surface area contributed by atoms with E-state index in [0.717, 1.165) is 5.56 Å². The molecule has 0 amide bonds. The highest BCUT2D eigenvalue weighted by Crippen LogP contribution is 2.28. The number of aryl methyl sites for hydroxylation is 2. The van der Waals surface area contributed by atoms with Crippen molar-refractivity contribution in [1.82, 2.24) is 0 Å². The van der Waals surface area contributed by atoms with Crippen LogP contribution in [0.1, 0.15) is 16.7 Å². The molecule has 6 heteroatoms. The van der Waals surface area contributed by atoms with Gasteiger partial charge in [-0.05, 0) is 55.3 Å². The molecule has 0 saturated carbocycles. The lowest BCUT2D eigenvalue weighted by Gasteiger charge is -2.11. The van der Waals surface area contributed by atoms with Gasteiger partial charge in [0.25, 0.3) is 0 Å². The van der Waals surface area contributed by atoms with E-state index in [2.05, 4.69) is 0 Å². The summed E-state index contributed by atoms with van der Waals surface area (Å²) in [7, 11) is -3.74. The number of hydrogen-bond donors (Lipinski definition) is 1. The van der Waals surface area contributed by atoms with Crippen LogP contribution in [0.15, 0.2) is 41.3 Å². The standard InChI is InChI=1S/C15H14N2O3S/c1-10-3-4-12(9-16)8-14(10)20-13-5-6-15(11(2)7-13)21(17,18)19/h3-8H,1-2H3,(H2,17,18,19). The highest BCUT2D eigenvalue weighted by molar-refractivity contribution is 7.89. The zero-order valence-corrected chi connectivity index (χ0v) is 12.4. The zero-order valence-electron chi connectivity index (χ0n) is 11.6. The van der Waals surface area contributed by atoms with Gasteiger partial charge >= 0.3 is 0 Å². The van der Waals surface area contributed by atoms with Crippen molar-refractivity contribution in [1.29, 1.82) is 5.26 Å². The number of benzene rings is 2. The van der Waals surface area contributed by atoms with Gasteiger partial charge in [0.2, 0.25) is 10.0 Å². The molecular formula is C15H14N2O3S. The van der Waals surface area contributed by atoms with Gasteiger partial charge < -0.3 is 4.74 Å². The summed E-state index contributed by atoms with van der Waals surface area (Å²) in [6.45, 7) is 3.51. The first kappa shape index (κ1) is 15.0. The van der Waals surface area contributed by atoms with E-state index in [1.165, 1.54) is 12.1 Å². The highest BCUT2D eigenvalue weighted by Gasteiger charge is 2.12. The second kappa shape index (κ2) is 5.56. The fraction of sp³-hybridized carbons (Fsp3) is 0.133. The first-order valence-electron chi connectivity index (χ1n) is 6.13. The van der Waals surface area contributed by atoms with Crippen molar-refractivity contribution in [3.63, 3.8) is 0 Å². The van der Waals surface area contributed by atoms with Gasteiger partial charge in [-0.1, -0.05) is 6.07 Å². The average molecular weight is 302 g/mol. The molecule has 0 unspecified atom stereocenters. The minimum atomic E-state index is -3.74. The Balaban J connectivity index is 2.38. The van der Waals surface area contributed by atoms with Crippen LogP contribution in [-0.4, -0.2) is 8.42 Å². The third-order valence-corrected chi connectivity index (χ3v) is 4.07. The number of hydrogen-bond acceptors (Lipinski definition) is 4. The van der Waals surface area contributed by atoms with Crippen molar-refractivity contribution in [3.05, 3.63) is 53.1 Å². The molecule has 0 saturated heterocycles. The predicted molar refractivity (Wildman–Crippen MR) is 78.5 cm³/mol. The molecule has 0 spiro atoms. The molecule has 5 nitrogen and oxygen atoms in total. The SMILES string of the molecule is Cc1ccc(C#N)cc1Oc1ccc(S(N)(=O)=O)c(C)c1. The molecule has 2 aromatic carbocycles. The summed E-state index contributed by atoms with van der Waals surface area (Å²) in [6.07, 6.45) is 0. The molecule has 2 N–H and O–H groups in total. The van der Waals surface area contributed by atoms with Gasteiger partial charge in [0.15, 0.2) is 0 Å². The Morgan fingerprint density at radius 3 is 2.38 bits per heavy atom. The molecule has 0 aromatic heterocycles. The van der Waals surface area contributed by atoms with E-state index in [9.17, 15) is 8.42 Å². The molecule has 0 aliphatic carbocycles. The van der Waals surface area contributed by atoms with Crippen LogP contribution in [0.4, 0.5) is 0 Å². The van der Waals surface area contributed by atoms with Gasteiger partial charge in [-0.2, -0.15) is 5.26 Å². The second-order valence-corrected chi connectivity index (χ2v) is 6.20. The quantitative estimate of drug-likeness (QED) is 0.943. The van der Waals surface area contributed by atoms with Gasteiger partial charge in [0.1, 0.15) is 11.5 Å². The minimum absolute atomic E-state index is 0.0670. The topological polar surface area (TPSA) is 93.2 Å². The first-order chi connectivity index (χ1) is 9.81. The van der Waals surface area contributed by atoms with Crippen molar-refractivity contribution in [2.45, 2.75) is 18.7 Å². The van der Waals surface area contributed by atoms with Crippen LogP contribution in [0.2, 0.25) is 0 Å². The maximum atomic E-state index is 11.4. The summed E-state index contributed by atoms with van der Waals surface area (Å²) in [4.78, 5) is 0.0670. The monoisotopic (exact) mass is 302 g/mol. The maximum Gasteiger partial charge on any atom is 0.238 e. The third-order valence-electron chi connectivity index (χ3n) is 3.00. The Hall–Kier alpha value is -2.36. The van der Waals surface area contributed by atoms with Gasteiger partial charge in [0.05, 0.1) is 16.5 Å². The van der Waals surface area contributed by atoms with Crippen LogP contribution in [0.3, 0.4) is 0 Å². The third kappa shape index (κ3) is 3.40. The van der Waals surface area contributed by atoms with Crippen molar-refractivity contribution < 1.29 is 13.2 Å². The van der Waals surface area contributed by atoms with E-state index in [-0.39, 0.29) is 4.90 Å². The Morgan fingerprint density at radius 1 is 1.10 bits per heavy atom. The van der Waals surface area contributed by atoms with Gasteiger partial charge in [-0.25, -0.2) is 13.6 Å². The van der Waals surface area contributed by atoms with Crippen LogP contribution in [0.25, 0.3) is 0 Å². The van der Waals surface area contributed by atoms with Gasteiger partial charge in [0, 0.05) is 0 Å². The Morgan fingerprint density at radius 2 is 1.81 bits per heavy atom. The molecule has 0 atom stereocenters. The van der Waals surface area contributed by atoms with E-state index < -0.39 is 10.0 Å². The normalized spacial score (nSPS) is 11.0. The molecule has 108 valence electrons. The lowest BCUT2D eigenvalue weighted by Crippen LogP contribution is -2.13. The van der Waals surface area contributed by atoms with Gasteiger partial charge in [-0.15, -0.1) is 0 Å². The summed E-state index contributed by atoms with van der Waals surface area (Å²) in [5.41, 5.74) is 1.87. The average Bonchev–Trinajstić information content (AvgIpc) is 2.40. The van der Waals surface area contributed by atoms with E-state index in [4.69, 9.17) is 15.1 Å². The molecule has 0 aliphatic heterocycles. The van der Waals surface area contributed by atoms with Crippen molar-refractivity contribution in [2.75, 3.05) is 0 Å². The first-order valence-corrected chi connectivity index (χ1v) is 7.68. The van der Waals surface area contributed by atoms with Crippen LogP contribution in [0.5, 0.6) is 11.5 Å². The van der Waals surface area contributed by atoms with Gasteiger partial charge in [-0.3, -0.25) is 0 Å². The van der Waals surface area contributed by atoms with Crippen LogP contribution < -0.4 is 9.88 Å². The van der Waals surface area contributed by atoms with Crippen molar-refractivity contribution >= 4 is 10.0 Å². The second-order valence-electron chi connectivity index (χ2n) is 4.67. The molecular weight excluding hydrogens is 288 g/mol. The van der Waals surface area contributed by atoms with Crippen LogP contribution >= 0.6 is 0 Å². The van der Waals surface area contributed by atoms with E-state index in [1.807, 2.05) is 13.0 Å². The van der Waals surface area contributed by atoms with E-state index >= 15 is 0 Å². The molecule has 0 fully saturated rings. The number of sulfonamides is 1. The maximum absolute atomic E-state index is 11.4. The summed E-state index contributed by atoms with van der Waals surface area (Å²) in [5, 5.41) is 14.0. The number of primary sulfonamides is 1. The fourth-order valence-corrected chi connectivity index (χ4v) is 2.68. The lowest BCUT2D eigenvalue weighted by molar-refractivity contribution is 0.477. The van der Waals surface area contributed by atoms with Crippen LogP contribution in [0, 0.1) is 25.2 Å². The number of nitrogens with two attached hydrogens (primary N) is 1. The number of ether oxygens (including phenoxy) is 1. The Kier molecular flexibility index (Phi) is 3.98. The smallest absolute Gasteiger partial charge is 0.238 e. The molecule has 2 rings (SSSR count). The number of nitriles is 1. The summed E-state index contributed by atoms with van der Waals surface area (Å²) < 4.78 is 28.4. The molecule has 2 aromatic rings. The molecule has 21 heavy (non-hydrogen) atoms. The fourth-order valence-electron chi connectivity index (χ4n) is 1.91. The van der Waals surface area contributed by atoms with E-state index in [0.29, 0.717) is 22.6 Å². The Bertz CT molecular complexity index is 836. The highest BCUT2D eigenvalue weighted by atomic mass is 32.2. The van der Waals surface area contributed by atoms with E-state index in [1.54, 1.807) is 31.2 Å². The minimum Gasteiger partial charge on any atom is -0.457 e. The van der Waals surface area contributed by atoms with Crippen molar-refractivity contribution in [2.24, 2.45) is 5.14 Å². The summed E-state index contributed by atoms with van der Waals surface area (Å²) >= 11 is 0. The summed E-state index contributed by atoms with van der Waals surface area (Å²) in [5.74, 6) is 1.04. The predicted octanol–water partition coefficient (Wildman–Crippen LogP) is 2.61. The molecule has 0 heterocycles. The Labute approximate surface area is 123 Å². The zero-order chi connectivity index (χ0) is 15.6. The van der Waals surface area contributed by atoms with Crippen LogP contribution in [-0.2, 0) is 10.0 Å². The van der Waals surface area contributed by atoms with Crippen molar-refractivity contribution in [3.8, 4) is 17.6 Å². The number of rotatable bonds is 3. The summed E-state index contributed by atoms with van der Waals surface area (Å²) in [6, 6.07) is 11.7. The molecule has 0 radical (unpaired) electrons.